The van der Waals surface area contributed by atoms with Crippen molar-refractivity contribution in [2.24, 2.45) is 0 Å². The Morgan fingerprint density at radius 1 is 1.69 bits per heavy atom. The van der Waals surface area contributed by atoms with Gasteiger partial charge >= 0.3 is 0 Å². The van der Waals surface area contributed by atoms with Crippen molar-refractivity contribution in [3.05, 3.63) is 0 Å². The highest BCUT2D eigenvalue weighted by Gasteiger charge is 2.35. The molecule has 0 amide bonds. The lowest BCUT2D eigenvalue weighted by Gasteiger charge is -2.24. The predicted octanol–water partition coefficient (Wildman–Crippen LogP) is 1.24. The average Bonchev–Trinajstić information content (AvgIpc) is 2.50. The van der Waals surface area contributed by atoms with Crippen LogP contribution in [0.3, 0.4) is 0 Å². The summed E-state index contributed by atoms with van der Waals surface area (Å²) in [4.78, 5) is 2.28. The number of rotatable bonds is 3. The first-order chi connectivity index (χ1) is 6.11. The van der Waals surface area contributed by atoms with E-state index in [1.54, 1.807) is 0 Å². The van der Waals surface area contributed by atoms with Gasteiger partial charge in [-0.05, 0) is 13.3 Å². The molecule has 1 aliphatic rings. The lowest BCUT2D eigenvalue weighted by atomic mass is 10.1. The van der Waals surface area contributed by atoms with E-state index in [0.717, 1.165) is 13.0 Å². The third kappa shape index (κ3) is 2.46. The molecule has 1 rings (SSSR count). The van der Waals surface area contributed by atoms with Crippen LogP contribution in [0.25, 0.3) is 0 Å². The van der Waals surface area contributed by atoms with Crippen LogP contribution in [0.5, 0.6) is 0 Å². The lowest BCUT2D eigenvalue weighted by molar-refractivity contribution is 0.0999. The van der Waals surface area contributed by atoms with E-state index >= 15 is 0 Å². The molecule has 0 radical (unpaired) electrons. The largest absolute Gasteiger partial charge is 0.376 e. The topological polar surface area (TPSA) is 23.5 Å². The minimum absolute atomic E-state index is 0.548. The number of nitrogens with zero attached hydrogens (tertiary/aromatic N) is 1. The molecule has 0 aromatic carbocycles. The van der Waals surface area contributed by atoms with Crippen LogP contribution in [0, 0.1) is 12.3 Å². The molecule has 2 atom stereocenters. The van der Waals surface area contributed by atoms with Gasteiger partial charge < -0.3 is 5.11 Å². The molecule has 1 heterocycles. The van der Waals surface area contributed by atoms with E-state index in [2.05, 4.69) is 24.7 Å². The van der Waals surface area contributed by atoms with Gasteiger partial charge in [0.1, 0.15) is 5.60 Å². The van der Waals surface area contributed by atoms with Crippen molar-refractivity contribution in [1.29, 1.82) is 0 Å². The summed E-state index contributed by atoms with van der Waals surface area (Å²) in [6.07, 6.45) is 8.37. The fourth-order valence-corrected chi connectivity index (χ4v) is 1.92. The molecule has 1 aliphatic heterocycles. The van der Waals surface area contributed by atoms with Crippen molar-refractivity contribution in [2.75, 3.05) is 13.1 Å². The van der Waals surface area contributed by atoms with Gasteiger partial charge in [0.15, 0.2) is 0 Å². The SMILES string of the molecule is C#CC1(O)CCN(C(C)CCC)C1. The Balaban J connectivity index is 2.46. The van der Waals surface area contributed by atoms with Gasteiger partial charge in [-0.3, -0.25) is 4.90 Å². The highest BCUT2D eigenvalue weighted by molar-refractivity contribution is 5.12. The standard InChI is InChI=1S/C11H19NO/c1-4-6-10(3)12-8-7-11(13,5-2)9-12/h2,10,13H,4,6-9H2,1,3H3. The Labute approximate surface area is 80.9 Å². The smallest absolute Gasteiger partial charge is 0.139 e. The first kappa shape index (κ1) is 10.6. The number of aliphatic hydroxyl groups is 1. The summed E-state index contributed by atoms with van der Waals surface area (Å²) in [6.45, 7) is 5.96. The molecule has 0 bridgehead atoms. The van der Waals surface area contributed by atoms with Gasteiger partial charge in [0.2, 0.25) is 0 Å². The Morgan fingerprint density at radius 3 is 2.85 bits per heavy atom. The van der Waals surface area contributed by atoms with Crippen LogP contribution in [-0.4, -0.2) is 34.7 Å². The van der Waals surface area contributed by atoms with Crippen molar-refractivity contribution in [1.82, 2.24) is 4.90 Å². The number of likely N-dealkylation sites (tertiary alicyclic amines) is 1. The normalized spacial score (nSPS) is 31.5. The highest BCUT2D eigenvalue weighted by Crippen LogP contribution is 2.23. The van der Waals surface area contributed by atoms with Crippen LogP contribution in [0.4, 0.5) is 0 Å². The quantitative estimate of drug-likeness (QED) is 0.662. The second kappa shape index (κ2) is 4.13. The lowest BCUT2D eigenvalue weighted by Crippen LogP contribution is -2.36. The van der Waals surface area contributed by atoms with Gasteiger partial charge in [-0.25, -0.2) is 0 Å². The molecule has 2 unspecified atom stereocenters. The molecule has 74 valence electrons. The van der Waals surface area contributed by atoms with E-state index in [9.17, 15) is 5.11 Å². The molecule has 13 heavy (non-hydrogen) atoms. The Morgan fingerprint density at radius 2 is 2.38 bits per heavy atom. The Kier molecular flexibility index (Phi) is 3.35. The van der Waals surface area contributed by atoms with E-state index in [1.165, 1.54) is 12.8 Å². The van der Waals surface area contributed by atoms with Crippen LogP contribution in [-0.2, 0) is 0 Å². The van der Waals surface area contributed by atoms with E-state index in [4.69, 9.17) is 6.42 Å². The fraction of sp³-hybridized carbons (Fsp3) is 0.818. The minimum atomic E-state index is -0.859. The summed E-state index contributed by atoms with van der Waals surface area (Å²) >= 11 is 0. The van der Waals surface area contributed by atoms with E-state index in [1.807, 2.05) is 0 Å². The second-order valence-electron chi connectivity index (χ2n) is 4.03. The third-order valence-electron chi connectivity index (χ3n) is 2.88. The summed E-state index contributed by atoms with van der Waals surface area (Å²) in [6, 6.07) is 0.548. The first-order valence-electron chi connectivity index (χ1n) is 5.05. The highest BCUT2D eigenvalue weighted by atomic mass is 16.3. The molecule has 0 aromatic heterocycles. The van der Waals surface area contributed by atoms with Gasteiger partial charge in [-0.2, -0.15) is 0 Å². The molecule has 1 fully saturated rings. The number of terminal acetylenes is 1. The van der Waals surface area contributed by atoms with E-state index < -0.39 is 5.60 Å². The third-order valence-corrected chi connectivity index (χ3v) is 2.88. The van der Waals surface area contributed by atoms with E-state index in [0.29, 0.717) is 12.6 Å². The van der Waals surface area contributed by atoms with E-state index in [-0.39, 0.29) is 0 Å². The van der Waals surface area contributed by atoms with Gasteiger partial charge in [-0.15, -0.1) is 6.42 Å². The minimum Gasteiger partial charge on any atom is -0.376 e. The maximum absolute atomic E-state index is 9.81. The molecular weight excluding hydrogens is 162 g/mol. The van der Waals surface area contributed by atoms with Gasteiger partial charge in [-0.1, -0.05) is 19.3 Å². The van der Waals surface area contributed by atoms with Gasteiger partial charge in [0.05, 0.1) is 0 Å². The summed E-state index contributed by atoms with van der Waals surface area (Å²) in [5.41, 5.74) is -0.859. The van der Waals surface area contributed by atoms with Gasteiger partial charge in [0.25, 0.3) is 0 Å². The summed E-state index contributed by atoms with van der Waals surface area (Å²) in [7, 11) is 0. The van der Waals surface area contributed by atoms with Crippen LogP contribution >= 0.6 is 0 Å². The van der Waals surface area contributed by atoms with Crippen LogP contribution in [0.1, 0.15) is 33.1 Å². The van der Waals surface area contributed by atoms with Crippen molar-refractivity contribution >= 4 is 0 Å². The zero-order chi connectivity index (χ0) is 9.90. The molecule has 1 N–H and O–H groups in total. The molecule has 0 aliphatic carbocycles. The van der Waals surface area contributed by atoms with Crippen LogP contribution in [0.15, 0.2) is 0 Å². The second-order valence-corrected chi connectivity index (χ2v) is 4.03. The van der Waals surface area contributed by atoms with Crippen LogP contribution in [0.2, 0.25) is 0 Å². The van der Waals surface area contributed by atoms with Gasteiger partial charge in [0, 0.05) is 25.6 Å². The first-order valence-corrected chi connectivity index (χ1v) is 5.05. The predicted molar refractivity (Wildman–Crippen MR) is 54.3 cm³/mol. The zero-order valence-corrected chi connectivity index (χ0v) is 8.58. The molecule has 0 saturated carbocycles. The number of hydrogen-bond acceptors (Lipinski definition) is 2. The molecule has 0 aromatic rings. The molecule has 0 spiro atoms. The van der Waals surface area contributed by atoms with Crippen LogP contribution < -0.4 is 0 Å². The van der Waals surface area contributed by atoms with Crippen molar-refractivity contribution in [3.63, 3.8) is 0 Å². The monoisotopic (exact) mass is 181 g/mol. The summed E-state index contributed by atoms with van der Waals surface area (Å²) in [5.74, 6) is 2.48. The summed E-state index contributed by atoms with van der Waals surface area (Å²) < 4.78 is 0. The maximum atomic E-state index is 9.81. The number of hydrogen-bond donors (Lipinski definition) is 1. The Hall–Kier alpha value is -0.520. The fourth-order valence-electron chi connectivity index (χ4n) is 1.92. The zero-order valence-electron chi connectivity index (χ0n) is 8.58. The van der Waals surface area contributed by atoms with Crippen molar-refractivity contribution in [3.8, 4) is 12.3 Å². The molecular formula is C11H19NO. The summed E-state index contributed by atoms with van der Waals surface area (Å²) in [5, 5.41) is 9.81. The Bertz CT molecular complexity index is 209. The molecule has 2 nitrogen and oxygen atoms in total. The van der Waals surface area contributed by atoms with Crippen molar-refractivity contribution in [2.45, 2.75) is 44.8 Å². The number of β-amino-alcohol motifs (C(OH)–C–C–N with tert-alkyl or cyclic N) is 1. The average molecular weight is 181 g/mol. The molecule has 2 heteroatoms. The molecule has 1 saturated heterocycles. The van der Waals surface area contributed by atoms with Crippen molar-refractivity contribution < 1.29 is 5.11 Å². The maximum Gasteiger partial charge on any atom is 0.139 e.